The van der Waals surface area contributed by atoms with Gasteiger partial charge in [-0.05, 0) is 29.8 Å². The zero-order chi connectivity index (χ0) is 15.0. The van der Waals surface area contributed by atoms with Crippen molar-refractivity contribution < 1.29 is 9.90 Å². The van der Waals surface area contributed by atoms with Gasteiger partial charge in [-0.3, -0.25) is 9.67 Å². The van der Waals surface area contributed by atoms with E-state index < -0.39 is 5.97 Å². The van der Waals surface area contributed by atoms with E-state index in [1.807, 2.05) is 0 Å². The first-order valence-electron chi connectivity index (χ1n) is 6.05. The Balaban J connectivity index is 2.10. The Labute approximate surface area is 129 Å². The predicted molar refractivity (Wildman–Crippen MR) is 80.1 cm³/mol. The molecule has 7 heteroatoms. The molecule has 3 rings (SSSR count). The Morgan fingerprint density at radius 2 is 2.10 bits per heavy atom. The van der Waals surface area contributed by atoms with Crippen LogP contribution >= 0.6 is 23.2 Å². The largest absolute Gasteiger partial charge is 0.476 e. The van der Waals surface area contributed by atoms with Crippen molar-refractivity contribution in [1.29, 1.82) is 0 Å². The van der Waals surface area contributed by atoms with Crippen LogP contribution in [0, 0.1) is 0 Å². The number of hydrogen-bond acceptors (Lipinski definition) is 3. The van der Waals surface area contributed by atoms with Gasteiger partial charge in [0.25, 0.3) is 0 Å². The number of nitrogens with zero attached hydrogens (tertiary/aromatic N) is 3. The highest BCUT2D eigenvalue weighted by atomic mass is 35.5. The van der Waals surface area contributed by atoms with Gasteiger partial charge in [0.05, 0.1) is 12.1 Å². The van der Waals surface area contributed by atoms with Crippen LogP contribution in [0.15, 0.2) is 36.5 Å². The lowest BCUT2D eigenvalue weighted by atomic mass is 10.2. The maximum atomic E-state index is 11.2. The minimum atomic E-state index is -1.11. The zero-order valence-corrected chi connectivity index (χ0v) is 12.1. The van der Waals surface area contributed by atoms with E-state index in [1.54, 1.807) is 35.0 Å². The second kappa shape index (κ2) is 5.35. The van der Waals surface area contributed by atoms with Crippen LogP contribution in [0.25, 0.3) is 11.0 Å². The van der Waals surface area contributed by atoms with Crippen molar-refractivity contribution in [2.24, 2.45) is 0 Å². The number of pyridine rings is 1. The summed E-state index contributed by atoms with van der Waals surface area (Å²) in [6, 6.07) is 8.65. The topological polar surface area (TPSA) is 68.0 Å². The van der Waals surface area contributed by atoms with Gasteiger partial charge in [0.1, 0.15) is 5.52 Å². The Bertz CT molecular complexity index is 845. The van der Waals surface area contributed by atoms with Crippen LogP contribution in [0.5, 0.6) is 0 Å². The maximum Gasteiger partial charge on any atom is 0.358 e. The Morgan fingerprint density at radius 3 is 2.81 bits per heavy atom. The number of aromatic carboxylic acids is 1. The second-order valence-corrected chi connectivity index (χ2v) is 5.26. The number of benzene rings is 1. The highest BCUT2D eigenvalue weighted by molar-refractivity contribution is 6.35. The molecule has 0 radical (unpaired) electrons. The molecule has 0 aliphatic rings. The van der Waals surface area contributed by atoms with E-state index in [0.29, 0.717) is 27.6 Å². The van der Waals surface area contributed by atoms with Gasteiger partial charge in [0, 0.05) is 16.2 Å². The van der Waals surface area contributed by atoms with Crippen LogP contribution in [0.2, 0.25) is 10.0 Å². The molecule has 5 nitrogen and oxygen atoms in total. The molecule has 0 unspecified atom stereocenters. The predicted octanol–water partition coefficient (Wildman–Crippen LogP) is 3.48. The Morgan fingerprint density at radius 1 is 1.29 bits per heavy atom. The number of carboxylic acid groups (broad SMARTS) is 1. The van der Waals surface area contributed by atoms with Gasteiger partial charge < -0.3 is 5.11 Å². The fourth-order valence-electron chi connectivity index (χ4n) is 2.09. The second-order valence-electron chi connectivity index (χ2n) is 4.42. The molecular formula is C14H9Cl2N3O2. The average Bonchev–Trinajstić information content (AvgIpc) is 2.81. The van der Waals surface area contributed by atoms with Crippen molar-refractivity contribution in [3.8, 4) is 0 Å². The number of fused-ring (bicyclic) bond motifs is 1. The standard InChI is InChI=1S/C14H9Cl2N3O2/c15-9-4-3-8(10(16)6-9)7-19-11-2-1-5-17-12(11)13(18-19)14(20)21/h1-6H,7H2,(H,20,21). The molecule has 0 aliphatic carbocycles. The molecule has 2 heterocycles. The minimum absolute atomic E-state index is 0.0734. The van der Waals surface area contributed by atoms with Crippen LogP contribution in [0.4, 0.5) is 0 Å². The summed E-state index contributed by atoms with van der Waals surface area (Å²) in [4.78, 5) is 15.3. The Kier molecular flexibility index (Phi) is 3.53. The molecule has 0 fully saturated rings. The van der Waals surface area contributed by atoms with E-state index in [4.69, 9.17) is 23.2 Å². The van der Waals surface area contributed by atoms with E-state index in [2.05, 4.69) is 10.1 Å². The number of halogens is 2. The molecule has 106 valence electrons. The van der Waals surface area contributed by atoms with Gasteiger partial charge in [0.2, 0.25) is 0 Å². The highest BCUT2D eigenvalue weighted by Gasteiger charge is 2.17. The molecule has 0 saturated carbocycles. The van der Waals surface area contributed by atoms with Gasteiger partial charge in [-0.2, -0.15) is 5.10 Å². The molecule has 0 atom stereocenters. The molecule has 0 amide bonds. The molecule has 0 spiro atoms. The van der Waals surface area contributed by atoms with Crippen molar-refractivity contribution in [3.05, 3.63) is 57.8 Å². The lowest BCUT2D eigenvalue weighted by Crippen LogP contribution is -2.05. The summed E-state index contributed by atoms with van der Waals surface area (Å²) in [6.07, 6.45) is 1.54. The monoisotopic (exact) mass is 321 g/mol. The summed E-state index contributed by atoms with van der Waals surface area (Å²) < 4.78 is 1.57. The molecule has 0 bridgehead atoms. The van der Waals surface area contributed by atoms with E-state index in [-0.39, 0.29) is 5.69 Å². The first kappa shape index (κ1) is 13.9. The molecule has 1 N–H and O–H groups in total. The fourth-order valence-corrected chi connectivity index (χ4v) is 2.55. The summed E-state index contributed by atoms with van der Waals surface area (Å²) in [6.45, 7) is 0.339. The molecule has 1 aromatic carbocycles. The molecular weight excluding hydrogens is 313 g/mol. The quantitative estimate of drug-likeness (QED) is 0.801. The molecule has 0 aliphatic heterocycles. The Hall–Kier alpha value is -2.11. The van der Waals surface area contributed by atoms with Crippen molar-refractivity contribution in [2.75, 3.05) is 0 Å². The summed E-state index contributed by atoms with van der Waals surface area (Å²) >= 11 is 12.0. The van der Waals surface area contributed by atoms with Crippen LogP contribution in [-0.4, -0.2) is 25.8 Å². The van der Waals surface area contributed by atoms with E-state index in [1.165, 1.54) is 6.20 Å². The average molecular weight is 322 g/mol. The normalized spacial score (nSPS) is 11.0. The number of carboxylic acids is 1. The van der Waals surface area contributed by atoms with E-state index >= 15 is 0 Å². The van der Waals surface area contributed by atoms with Gasteiger partial charge in [0.15, 0.2) is 5.69 Å². The third-order valence-corrected chi connectivity index (χ3v) is 3.63. The van der Waals surface area contributed by atoms with Crippen molar-refractivity contribution in [1.82, 2.24) is 14.8 Å². The van der Waals surface area contributed by atoms with Crippen molar-refractivity contribution >= 4 is 40.2 Å². The lowest BCUT2D eigenvalue weighted by molar-refractivity contribution is 0.0691. The van der Waals surface area contributed by atoms with E-state index in [9.17, 15) is 9.90 Å². The smallest absolute Gasteiger partial charge is 0.358 e. The number of rotatable bonds is 3. The van der Waals surface area contributed by atoms with Crippen molar-refractivity contribution in [2.45, 2.75) is 6.54 Å². The van der Waals surface area contributed by atoms with Crippen molar-refractivity contribution in [3.63, 3.8) is 0 Å². The highest BCUT2D eigenvalue weighted by Crippen LogP contribution is 2.23. The van der Waals surface area contributed by atoms with Crippen LogP contribution in [0.3, 0.4) is 0 Å². The summed E-state index contributed by atoms with van der Waals surface area (Å²) in [7, 11) is 0. The molecule has 3 aromatic rings. The zero-order valence-electron chi connectivity index (χ0n) is 10.6. The summed E-state index contributed by atoms with van der Waals surface area (Å²) in [5, 5.41) is 14.4. The maximum absolute atomic E-state index is 11.2. The van der Waals surface area contributed by atoms with E-state index in [0.717, 1.165) is 5.56 Å². The summed E-state index contributed by atoms with van der Waals surface area (Å²) in [5.74, 6) is -1.11. The third kappa shape index (κ3) is 2.57. The first-order chi connectivity index (χ1) is 10.1. The van der Waals surface area contributed by atoms with Gasteiger partial charge in [-0.25, -0.2) is 4.79 Å². The molecule has 0 saturated heterocycles. The van der Waals surface area contributed by atoms with Crippen LogP contribution in [-0.2, 0) is 6.54 Å². The molecule has 21 heavy (non-hydrogen) atoms. The third-order valence-electron chi connectivity index (χ3n) is 3.05. The van der Waals surface area contributed by atoms with Gasteiger partial charge in [-0.15, -0.1) is 0 Å². The van der Waals surface area contributed by atoms with Crippen LogP contribution in [0.1, 0.15) is 16.1 Å². The number of hydrogen-bond donors (Lipinski definition) is 1. The lowest BCUT2D eigenvalue weighted by Gasteiger charge is -2.06. The summed E-state index contributed by atoms with van der Waals surface area (Å²) in [5.41, 5.74) is 1.72. The first-order valence-corrected chi connectivity index (χ1v) is 6.80. The SMILES string of the molecule is O=C(O)c1nn(Cc2ccc(Cl)cc2Cl)c2cccnc12. The fraction of sp³-hybridized carbons (Fsp3) is 0.0714. The number of aromatic nitrogens is 3. The van der Waals surface area contributed by atoms with Crippen LogP contribution < -0.4 is 0 Å². The van der Waals surface area contributed by atoms with Gasteiger partial charge >= 0.3 is 5.97 Å². The van der Waals surface area contributed by atoms with Gasteiger partial charge in [-0.1, -0.05) is 29.3 Å². The molecule has 2 aromatic heterocycles. The number of carbonyl (C=O) groups is 1. The minimum Gasteiger partial charge on any atom is -0.476 e.